The fourth-order valence-corrected chi connectivity index (χ4v) is 2.05. The number of carbonyl (C=O) groups is 4. The van der Waals surface area contributed by atoms with Crippen LogP contribution < -0.4 is 5.73 Å². The van der Waals surface area contributed by atoms with Gasteiger partial charge in [-0.15, -0.1) is 0 Å². The zero-order valence-electron chi connectivity index (χ0n) is 11.2. The van der Waals surface area contributed by atoms with E-state index in [-0.39, 0.29) is 12.5 Å². The van der Waals surface area contributed by atoms with Crippen molar-refractivity contribution in [2.24, 2.45) is 5.73 Å². The van der Waals surface area contributed by atoms with Crippen LogP contribution in [0.1, 0.15) is 25.7 Å². The first kappa shape index (κ1) is 15.9. The van der Waals surface area contributed by atoms with Crippen molar-refractivity contribution in [3.05, 3.63) is 0 Å². The molecule has 0 saturated carbocycles. The predicted molar refractivity (Wildman–Crippen MR) is 68.5 cm³/mol. The zero-order valence-corrected chi connectivity index (χ0v) is 11.2. The number of rotatable bonds is 6. The Kier molecular flexibility index (Phi) is 5.95. The summed E-state index contributed by atoms with van der Waals surface area (Å²) in [5.41, 5.74) is 4.99. The Morgan fingerprint density at radius 2 is 1.90 bits per heavy atom. The van der Waals surface area contributed by atoms with Crippen LogP contribution >= 0.6 is 0 Å². The minimum atomic E-state index is -1.23. The van der Waals surface area contributed by atoms with E-state index in [1.807, 2.05) is 0 Å². The van der Waals surface area contributed by atoms with Gasteiger partial charge in [0, 0.05) is 13.0 Å². The minimum absolute atomic E-state index is 0.120. The molecule has 1 saturated heterocycles. The van der Waals surface area contributed by atoms with Gasteiger partial charge in [-0.05, 0) is 12.8 Å². The van der Waals surface area contributed by atoms with Gasteiger partial charge in [0.2, 0.25) is 17.7 Å². The maximum absolute atomic E-state index is 12.0. The Balaban J connectivity index is 2.65. The molecule has 1 aliphatic rings. The van der Waals surface area contributed by atoms with Crippen LogP contribution in [0, 0.1) is 0 Å². The van der Waals surface area contributed by atoms with Crippen LogP contribution in [0.5, 0.6) is 0 Å². The summed E-state index contributed by atoms with van der Waals surface area (Å²) in [6, 6.07) is 0. The van der Waals surface area contributed by atoms with Crippen molar-refractivity contribution < 1.29 is 24.3 Å². The third-order valence-corrected chi connectivity index (χ3v) is 3.02. The number of aliphatic carboxylic acids is 1. The monoisotopic (exact) mass is 285 g/mol. The first-order valence-corrected chi connectivity index (χ1v) is 6.46. The second kappa shape index (κ2) is 7.46. The van der Waals surface area contributed by atoms with Gasteiger partial charge >= 0.3 is 5.97 Å². The molecule has 0 bridgehead atoms. The number of amides is 3. The van der Waals surface area contributed by atoms with Gasteiger partial charge in [-0.3, -0.25) is 19.2 Å². The van der Waals surface area contributed by atoms with Crippen molar-refractivity contribution in [3.63, 3.8) is 0 Å². The average Bonchev–Trinajstić information content (AvgIpc) is 2.53. The maximum atomic E-state index is 12.0. The first-order chi connectivity index (χ1) is 9.40. The summed E-state index contributed by atoms with van der Waals surface area (Å²) in [6.45, 7) is -0.807. The molecule has 0 spiro atoms. The largest absolute Gasteiger partial charge is 0.480 e. The first-order valence-electron chi connectivity index (χ1n) is 6.46. The predicted octanol–water partition coefficient (Wildman–Crippen LogP) is -1.21. The molecule has 8 nitrogen and oxygen atoms in total. The molecule has 1 rings (SSSR count). The van der Waals surface area contributed by atoms with Crippen LogP contribution in [0.4, 0.5) is 0 Å². The van der Waals surface area contributed by atoms with Gasteiger partial charge in [0.15, 0.2) is 0 Å². The number of nitrogens with zero attached hydrogens (tertiary/aromatic N) is 2. The Labute approximate surface area is 116 Å². The maximum Gasteiger partial charge on any atom is 0.323 e. The van der Waals surface area contributed by atoms with Crippen molar-refractivity contribution in [2.75, 3.05) is 26.2 Å². The van der Waals surface area contributed by atoms with Crippen LogP contribution in [0.15, 0.2) is 0 Å². The van der Waals surface area contributed by atoms with Gasteiger partial charge in [-0.2, -0.15) is 0 Å². The van der Waals surface area contributed by atoms with E-state index in [1.54, 1.807) is 0 Å². The zero-order chi connectivity index (χ0) is 15.1. The molecular weight excluding hydrogens is 266 g/mol. The molecule has 1 aliphatic heterocycles. The molecule has 8 heteroatoms. The van der Waals surface area contributed by atoms with E-state index in [9.17, 15) is 19.2 Å². The highest BCUT2D eigenvalue weighted by Gasteiger charge is 2.24. The van der Waals surface area contributed by atoms with E-state index in [1.165, 1.54) is 4.90 Å². The standard InChI is InChI=1S/C12H19N3O5/c13-9(16)6-15(8-12(19)20)11(18)7-14-5-3-1-2-4-10(14)17/h1-8H2,(H2,13,16)(H,19,20). The van der Waals surface area contributed by atoms with Gasteiger partial charge in [0.25, 0.3) is 0 Å². The molecule has 0 aromatic rings. The molecule has 20 heavy (non-hydrogen) atoms. The molecule has 1 fully saturated rings. The molecular formula is C12H19N3O5. The smallest absolute Gasteiger partial charge is 0.323 e. The molecule has 0 unspecified atom stereocenters. The van der Waals surface area contributed by atoms with E-state index in [2.05, 4.69) is 0 Å². The summed E-state index contributed by atoms with van der Waals surface area (Å²) in [4.78, 5) is 47.6. The number of primary amides is 1. The second-order valence-electron chi connectivity index (χ2n) is 4.74. The number of carbonyl (C=O) groups excluding carboxylic acids is 3. The molecule has 0 atom stereocenters. The Hall–Kier alpha value is -2.12. The molecule has 0 aromatic heterocycles. The third-order valence-electron chi connectivity index (χ3n) is 3.02. The van der Waals surface area contributed by atoms with Gasteiger partial charge < -0.3 is 20.6 Å². The summed E-state index contributed by atoms with van der Waals surface area (Å²) in [6.07, 6.45) is 2.93. The fourth-order valence-electron chi connectivity index (χ4n) is 2.05. The molecule has 3 amide bonds. The molecule has 0 aromatic carbocycles. The fraction of sp³-hybridized carbons (Fsp3) is 0.667. The summed E-state index contributed by atoms with van der Waals surface area (Å²) in [7, 11) is 0. The van der Waals surface area contributed by atoms with Crippen LogP contribution in [-0.2, 0) is 19.2 Å². The van der Waals surface area contributed by atoms with Crippen LogP contribution in [0.2, 0.25) is 0 Å². The highest BCUT2D eigenvalue weighted by atomic mass is 16.4. The van der Waals surface area contributed by atoms with Crippen LogP contribution in [-0.4, -0.2) is 64.8 Å². The minimum Gasteiger partial charge on any atom is -0.480 e. The highest BCUT2D eigenvalue weighted by Crippen LogP contribution is 2.11. The molecule has 112 valence electrons. The summed E-state index contributed by atoms with van der Waals surface area (Å²) in [5.74, 6) is -2.73. The highest BCUT2D eigenvalue weighted by molar-refractivity contribution is 5.90. The van der Waals surface area contributed by atoms with Gasteiger partial charge in [0.1, 0.15) is 6.54 Å². The van der Waals surface area contributed by atoms with E-state index < -0.39 is 30.9 Å². The third kappa shape index (κ3) is 5.25. The summed E-state index contributed by atoms with van der Waals surface area (Å²) >= 11 is 0. The number of carboxylic acids is 1. The van der Waals surface area contributed by atoms with E-state index >= 15 is 0 Å². The lowest BCUT2D eigenvalue weighted by atomic mass is 10.2. The van der Waals surface area contributed by atoms with Gasteiger partial charge in [-0.1, -0.05) is 6.42 Å². The van der Waals surface area contributed by atoms with E-state index in [0.29, 0.717) is 13.0 Å². The van der Waals surface area contributed by atoms with Crippen molar-refractivity contribution in [1.82, 2.24) is 9.80 Å². The molecule has 0 radical (unpaired) electrons. The van der Waals surface area contributed by atoms with Crippen LogP contribution in [0.3, 0.4) is 0 Å². The lowest BCUT2D eigenvalue weighted by molar-refractivity contribution is -0.147. The Morgan fingerprint density at radius 3 is 2.50 bits per heavy atom. The summed E-state index contributed by atoms with van der Waals surface area (Å²) in [5, 5.41) is 8.72. The number of likely N-dealkylation sites (tertiary alicyclic amines) is 1. The summed E-state index contributed by atoms with van der Waals surface area (Å²) < 4.78 is 0. The second-order valence-corrected chi connectivity index (χ2v) is 4.74. The number of nitrogens with two attached hydrogens (primary N) is 1. The quantitative estimate of drug-likeness (QED) is 0.634. The van der Waals surface area contributed by atoms with Crippen molar-refractivity contribution >= 4 is 23.7 Å². The molecule has 3 N–H and O–H groups in total. The number of carboxylic acid groups (broad SMARTS) is 1. The van der Waals surface area contributed by atoms with Gasteiger partial charge in [0.05, 0.1) is 13.1 Å². The van der Waals surface area contributed by atoms with Crippen molar-refractivity contribution in [1.29, 1.82) is 0 Å². The van der Waals surface area contributed by atoms with E-state index in [4.69, 9.17) is 10.8 Å². The number of hydrogen-bond donors (Lipinski definition) is 2. The van der Waals surface area contributed by atoms with Crippen molar-refractivity contribution in [2.45, 2.75) is 25.7 Å². The Bertz CT molecular complexity index is 394. The van der Waals surface area contributed by atoms with Crippen molar-refractivity contribution in [3.8, 4) is 0 Å². The number of hydrogen-bond acceptors (Lipinski definition) is 4. The normalized spacial score (nSPS) is 15.6. The average molecular weight is 285 g/mol. The van der Waals surface area contributed by atoms with E-state index in [0.717, 1.165) is 24.2 Å². The topological polar surface area (TPSA) is 121 Å². The lowest BCUT2D eigenvalue weighted by Crippen LogP contribution is -2.47. The van der Waals surface area contributed by atoms with Crippen LogP contribution in [0.25, 0.3) is 0 Å². The van der Waals surface area contributed by atoms with Gasteiger partial charge in [-0.25, -0.2) is 0 Å². The SMILES string of the molecule is NC(=O)CN(CC(=O)O)C(=O)CN1CCCCCC1=O. The lowest BCUT2D eigenvalue weighted by Gasteiger charge is -2.25. The molecule has 1 heterocycles. The molecule has 0 aliphatic carbocycles. The Morgan fingerprint density at radius 1 is 1.20 bits per heavy atom.